The molecule has 3 nitrogen and oxygen atoms in total. The van der Waals surface area contributed by atoms with Crippen LogP contribution in [-0.4, -0.2) is 29.4 Å². The molecule has 108 valence electrons. The first-order valence-electron chi connectivity index (χ1n) is 7.72. The van der Waals surface area contributed by atoms with Crippen molar-refractivity contribution >= 4 is 5.91 Å². The average molecular weight is 264 g/mol. The molecule has 1 heterocycles. The number of hydrogen-bond acceptors (Lipinski definition) is 2. The van der Waals surface area contributed by atoms with E-state index in [1.54, 1.807) is 0 Å². The van der Waals surface area contributed by atoms with Crippen LogP contribution in [0.3, 0.4) is 0 Å². The molecule has 2 unspecified atom stereocenters. The Kier molecular flexibility index (Phi) is 4.34. The van der Waals surface area contributed by atoms with E-state index in [1.807, 2.05) is 11.8 Å². The molecule has 1 aliphatic carbocycles. The molecule has 1 aliphatic heterocycles. The van der Waals surface area contributed by atoms with Gasteiger partial charge in [-0.1, -0.05) is 25.5 Å². The number of nitrogens with zero attached hydrogens (tertiary/aromatic N) is 1. The van der Waals surface area contributed by atoms with Gasteiger partial charge < -0.3 is 10.6 Å². The normalized spacial score (nSPS) is 30.4. The molecule has 2 N–H and O–H groups in total. The smallest absolute Gasteiger partial charge is 0.242 e. The molecule has 3 heteroatoms. The second-order valence-corrected chi connectivity index (χ2v) is 6.71. The summed E-state index contributed by atoms with van der Waals surface area (Å²) in [5.41, 5.74) is 5.87. The van der Waals surface area contributed by atoms with Crippen molar-refractivity contribution in [2.24, 2.45) is 11.1 Å². The molecule has 19 heavy (non-hydrogen) atoms. The van der Waals surface area contributed by atoms with Crippen molar-refractivity contribution in [2.45, 2.75) is 64.3 Å². The van der Waals surface area contributed by atoms with Crippen molar-refractivity contribution < 1.29 is 4.79 Å². The van der Waals surface area contributed by atoms with Crippen LogP contribution in [0.15, 0.2) is 12.2 Å². The molecule has 2 atom stereocenters. The Hall–Kier alpha value is -0.830. The van der Waals surface area contributed by atoms with E-state index in [4.69, 9.17) is 5.73 Å². The topological polar surface area (TPSA) is 46.3 Å². The van der Waals surface area contributed by atoms with Gasteiger partial charge in [-0.05, 0) is 50.9 Å². The van der Waals surface area contributed by atoms with Crippen LogP contribution in [-0.2, 0) is 4.79 Å². The molecule has 1 spiro atoms. The monoisotopic (exact) mass is 264 g/mol. The van der Waals surface area contributed by atoms with Crippen LogP contribution >= 0.6 is 0 Å². The van der Waals surface area contributed by atoms with Crippen LogP contribution in [0.1, 0.15) is 58.8 Å². The first kappa shape index (κ1) is 14.6. The average Bonchev–Trinajstić information content (AvgIpc) is 2.39. The van der Waals surface area contributed by atoms with Crippen molar-refractivity contribution in [1.82, 2.24) is 4.90 Å². The number of carbonyl (C=O) groups is 1. The molecule has 2 rings (SSSR count). The Balaban J connectivity index is 2.05. The van der Waals surface area contributed by atoms with Gasteiger partial charge in [0.2, 0.25) is 5.91 Å². The molecule has 1 amide bonds. The Bertz CT molecular complexity index is 362. The number of likely N-dealkylation sites (tertiary alicyclic amines) is 1. The largest absolute Gasteiger partial charge is 0.341 e. The second kappa shape index (κ2) is 5.66. The lowest BCUT2D eigenvalue weighted by Gasteiger charge is -2.45. The highest BCUT2D eigenvalue weighted by molar-refractivity contribution is 5.85. The van der Waals surface area contributed by atoms with E-state index in [-0.39, 0.29) is 5.91 Å². The zero-order chi connectivity index (χ0) is 13.9. The summed E-state index contributed by atoms with van der Waals surface area (Å²) >= 11 is 0. The quantitative estimate of drug-likeness (QED) is 0.797. The lowest BCUT2D eigenvalue weighted by Crippen LogP contribution is -2.57. The van der Waals surface area contributed by atoms with E-state index in [1.165, 1.54) is 12.8 Å². The standard InChI is InChI=1S/C16H28N2O/c1-3-8-15(2,17)14(19)18-12-7-11-16(13-18)9-5-4-6-10-16/h4-5H,3,6-13,17H2,1-2H3. The van der Waals surface area contributed by atoms with Gasteiger partial charge in [-0.25, -0.2) is 0 Å². The number of hydrogen-bond donors (Lipinski definition) is 1. The van der Waals surface area contributed by atoms with Crippen molar-refractivity contribution in [3.63, 3.8) is 0 Å². The fraction of sp³-hybridized carbons (Fsp3) is 0.812. The summed E-state index contributed by atoms with van der Waals surface area (Å²) in [5.74, 6) is 0.156. The first-order valence-corrected chi connectivity index (χ1v) is 7.72. The van der Waals surface area contributed by atoms with Crippen molar-refractivity contribution in [1.29, 1.82) is 0 Å². The van der Waals surface area contributed by atoms with Crippen LogP contribution in [0.4, 0.5) is 0 Å². The van der Waals surface area contributed by atoms with Gasteiger partial charge >= 0.3 is 0 Å². The summed E-state index contributed by atoms with van der Waals surface area (Å²) in [6.07, 6.45) is 12.2. The maximum Gasteiger partial charge on any atom is 0.242 e. The van der Waals surface area contributed by atoms with E-state index < -0.39 is 5.54 Å². The molecular formula is C16H28N2O. The zero-order valence-electron chi connectivity index (χ0n) is 12.5. The zero-order valence-corrected chi connectivity index (χ0v) is 12.5. The molecule has 0 aromatic heterocycles. The highest BCUT2D eigenvalue weighted by Crippen LogP contribution is 2.41. The SMILES string of the molecule is CCCC(C)(N)C(=O)N1CCCC2(CC=CCC2)C1. The predicted octanol–water partition coefficient (Wildman–Crippen LogP) is 2.85. The van der Waals surface area contributed by atoms with Crippen LogP contribution in [0.25, 0.3) is 0 Å². The summed E-state index contributed by atoms with van der Waals surface area (Å²) in [7, 11) is 0. The minimum atomic E-state index is -0.683. The molecule has 0 radical (unpaired) electrons. The van der Waals surface area contributed by atoms with E-state index in [0.29, 0.717) is 5.41 Å². The highest BCUT2D eigenvalue weighted by atomic mass is 16.2. The van der Waals surface area contributed by atoms with Crippen LogP contribution < -0.4 is 5.73 Å². The lowest BCUT2D eigenvalue weighted by molar-refractivity contribution is -0.140. The lowest BCUT2D eigenvalue weighted by atomic mass is 9.71. The van der Waals surface area contributed by atoms with Crippen LogP contribution in [0.2, 0.25) is 0 Å². The van der Waals surface area contributed by atoms with Crippen LogP contribution in [0.5, 0.6) is 0 Å². The Morgan fingerprint density at radius 3 is 2.84 bits per heavy atom. The van der Waals surface area contributed by atoms with E-state index >= 15 is 0 Å². The third-order valence-electron chi connectivity index (χ3n) is 4.77. The van der Waals surface area contributed by atoms with E-state index in [2.05, 4.69) is 19.1 Å². The number of rotatable bonds is 3. The minimum Gasteiger partial charge on any atom is -0.341 e. The Morgan fingerprint density at radius 2 is 2.21 bits per heavy atom. The maximum atomic E-state index is 12.6. The van der Waals surface area contributed by atoms with Gasteiger partial charge in [0, 0.05) is 13.1 Å². The number of piperidine rings is 1. The number of amides is 1. The summed E-state index contributed by atoms with van der Waals surface area (Å²) < 4.78 is 0. The molecule has 1 fully saturated rings. The number of nitrogens with two attached hydrogens (primary N) is 1. The third-order valence-corrected chi connectivity index (χ3v) is 4.77. The summed E-state index contributed by atoms with van der Waals surface area (Å²) in [4.78, 5) is 14.7. The summed E-state index contributed by atoms with van der Waals surface area (Å²) in [6.45, 7) is 5.77. The molecule has 2 aliphatic rings. The maximum absolute atomic E-state index is 12.6. The number of carbonyl (C=O) groups excluding carboxylic acids is 1. The molecule has 0 bridgehead atoms. The summed E-state index contributed by atoms with van der Waals surface area (Å²) in [6, 6.07) is 0. The minimum absolute atomic E-state index is 0.156. The van der Waals surface area contributed by atoms with Crippen molar-refractivity contribution in [3.8, 4) is 0 Å². The second-order valence-electron chi connectivity index (χ2n) is 6.71. The van der Waals surface area contributed by atoms with E-state index in [9.17, 15) is 4.79 Å². The highest BCUT2D eigenvalue weighted by Gasteiger charge is 2.40. The number of allylic oxidation sites excluding steroid dienone is 2. The van der Waals surface area contributed by atoms with E-state index in [0.717, 1.165) is 45.2 Å². The molecule has 0 aromatic carbocycles. The van der Waals surface area contributed by atoms with Crippen LogP contribution in [0, 0.1) is 5.41 Å². The molecule has 0 saturated carbocycles. The van der Waals surface area contributed by atoms with Gasteiger partial charge in [-0.15, -0.1) is 0 Å². The van der Waals surface area contributed by atoms with Gasteiger partial charge in [-0.3, -0.25) is 4.79 Å². The fourth-order valence-corrected chi connectivity index (χ4v) is 3.68. The fourth-order valence-electron chi connectivity index (χ4n) is 3.68. The molecular weight excluding hydrogens is 236 g/mol. The van der Waals surface area contributed by atoms with Gasteiger partial charge in [0.1, 0.15) is 0 Å². The van der Waals surface area contributed by atoms with Crippen molar-refractivity contribution in [2.75, 3.05) is 13.1 Å². The molecule has 0 aromatic rings. The van der Waals surface area contributed by atoms with Crippen molar-refractivity contribution in [3.05, 3.63) is 12.2 Å². The van der Waals surface area contributed by atoms with Gasteiger partial charge in [0.15, 0.2) is 0 Å². The Morgan fingerprint density at radius 1 is 1.42 bits per heavy atom. The third kappa shape index (κ3) is 3.19. The Labute approximate surface area is 117 Å². The van der Waals surface area contributed by atoms with Gasteiger partial charge in [0.05, 0.1) is 5.54 Å². The van der Waals surface area contributed by atoms with Gasteiger partial charge in [-0.2, -0.15) is 0 Å². The van der Waals surface area contributed by atoms with Gasteiger partial charge in [0.25, 0.3) is 0 Å². The molecule has 1 saturated heterocycles. The summed E-state index contributed by atoms with van der Waals surface area (Å²) in [5, 5.41) is 0. The first-order chi connectivity index (χ1) is 8.99. The predicted molar refractivity (Wildman–Crippen MR) is 78.7 cm³/mol.